The van der Waals surface area contributed by atoms with Crippen molar-refractivity contribution in [3.63, 3.8) is 0 Å². The fourth-order valence-electron chi connectivity index (χ4n) is 5.37. The van der Waals surface area contributed by atoms with Gasteiger partial charge in [0.25, 0.3) is 0 Å². The van der Waals surface area contributed by atoms with Gasteiger partial charge in [0.15, 0.2) is 32.7 Å². The van der Waals surface area contributed by atoms with Gasteiger partial charge in [-0.15, -0.1) is 0 Å². The lowest BCUT2D eigenvalue weighted by Crippen LogP contribution is -2.45. The molecule has 4 N–H and O–H groups in total. The highest BCUT2D eigenvalue weighted by atomic mass is 32.2. The number of pyridine rings is 1. The Labute approximate surface area is 240 Å². The number of benzene rings is 1. The predicted octanol–water partition coefficient (Wildman–Crippen LogP) is 3.43. The third kappa shape index (κ3) is 5.40. The lowest BCUT2D eigenvalue weighted by atomic mass is 9.77. The number of fused-ring (bicyclic) bond motifs is 1. The van der Waals surface area contributed by atoms with Crippen LogP contribution in [-0.4, -0.2) is 76.4 Å². The zero-order valence-corrected chi connectivity index (χ0v) is 23.8. The maximum absolute atomic E-state index is 13.8. The number of methoxy groups -OCH3 is 1. The molecule has 12 nitrogen and oxygen atoms in total. The molecule has 0 atom stereocenters. The van der Waals surface area contributed by atoms with Gasteiger partial charge in [-0.25, -0.2) is 22.6 Å². The monoisotopic (exact) mass is 599 g/mol. The van der Waals surface area contributed by atoms with Crippen molar-refractivity contribution in [2.45, 2.75) is 42.1 Å². The molecule has 0 radical (unpaired) electrons. The minimum absolute atomic E-state index is 0.0979. The maximum Gasteiger partial charge on any atom is 0.335 e. The van der Waals surface area contributed by atoms with Crippen LogP contribution in [0.15, 0.2) is 47.6 Å². The number of nitrogens with two attached hydrogens (primary N) is 1. The van der Waals surface area contributed by atoms with Crippen molar-refractivity contribution in [2.24, 2.45) is 0 Å². The van der Waals surface area contributed by atoms with Crippen LogP contribution in [0.5, 0.6) is 5.75 Å². The van der Waals surface area contributed by atoms with E-state index in [1.54, 1.807) is 24.4 Å². The topological polar surface area (TPSA) is 179 Å². The number of aromatic hydroxyl groups is 1. The molecule has 1 fully saturated rings. The average Bonchev–Trinajstić information content (AvgIpc) is 3.39. The number of nitrogens with zero attached hydrogens (tertiary/aromatic N) is 4. The van der Waals surface area contributed by atoms with Gasteiger partial charge in [-0.1, -0.05) is 6.07 Å². The summed E-state index contributed by atoms with van der Waals surface area (Å²) in [5.41, 5.74) is 7.65. The highest BCUT2D eigenvalue weighted by Gasteiger charge is 2.44. The molecule has 1 aliphatic rings. The minimum atomic E-state index is -3.84. The number of halogens is 1. The molecule has 1 aliphatic carbocycles. The number of aliphatic carboxylic acids is 1. The molecular weight excluding hydrogens is 569 g/mol. The van der Waals surface area contributed by atoms with Crippen molar-refractivity contribution in [2.75, 3.05) is 32.3 Å². The average molecular weight is 600 g/mol. The summed E-state index contributed by atoms with van der Waals surface area (Å²) in [6, 6.07) is 7.39. The van der Waals surface area contributed by atoms with Crippen molar-refractivity contribution < 1.29 is 37.3 Å². The van der Waals surface area contributed by atoms with Gasteiger partial charge in [-0.3, -0.25) is 4.98 Å². The number of hydrogen-bond acceptors (Lipinski definition) is 10. The Morgan fingerprint density at radius 1 is 1.17 bits per heavy atom. The fourth-order valence-corrected chi connectivity index (χ4v) is 6.42. The summed E-state index contributed by atoms with van der Waals surface area (Å²) in [7, 11) is -2.34. The van der Waals surface area contributed by atoms with E-state index in [0.717, 1.165) is 6.26 Å². The molecule has 14 heteroatoms. The van der Waals surface area contributed by atoms with Crippen LogP contribution in [0.2, 0.25) is 0 Å². The Bertz CT molecular complexity index is 1750. The summed E-state index contributed by atoms with van der Waals surface area (Å²) in [5, 5.41) is 23.7. The summed E-state index contributed by atoms with van der Waals surface area (Å²) in [5.74, 6) is -2.79. The maximum atomic E-state index is 13.8. The second kappa shape index (κ2) is 11.3. The molecule has 3 heterocycles. The minimum Gasteiger partial charge on any atom is -0.505 e. The summed E-state index contributed by atoms with van der Waals surface area (Å²) in [4.78, 5) is 21.2. The zero-order chi connectivity index (χ0) is 30.2. The number of hydrogen-bond donors (Lipinski definition) is 3. The van der Waals surface area contributed by atoms with Gasteiger partial charge < -0.3 is 25.4 Å². The molecule has 42 heavy (non-hydrogen) atoms. The van der Waals surface area contributed by atoms with Crippen molar-refractivity contribution in [3.8, 4) is 28.1 Å². The summed E-state index contributed by atoms with van der Waals surface area (Å²) >= 11 is 0. The van der Waals surface area contributed by atoms with E-state index >= 15 is 0 Å². The number of phenolic OH excluding ortho intramolecular Hbond substituents is 1. The number of phenols is 1. The summed E-state index contributed by atoms with van der Waals surface area (Å²) in [6.45, 7) is 0.365. The molecule has 4 aromatic rings. The lowest BCUT2D eigenvalue weighted by molar-refractivity contribution is -0.173. The molecule has 0 bridgehead atoms. The zero-order valence-electron chi connectivity index (χ0n) is 22.9. The Morgan fingerprint density at radius 2 is 1.88 bits per heavy atom. The van der Waals surface area contributed by atoms with E-state index in [0.29, 0.717) is 40.9 Å². The standard InChI is InChI=1S/C28H30FN5O7S/c1-40-11-12-41-28(27(36)37)9-7-16(8-10-28)23-24(42(2,38)39)25(30)34-26(33-23)19(15-32-34)18-3-5-21(31-14-18)17-4-6-22(35)20(29)13-17/h3-6,13-16,35H,7-12,30H2,1-2H3,(H,36,37)/t16-,28+. The van der Waals surface area contributed by atoms with Crippen molar-refractivity contribution in [1.82, 2.24) is 19.6 Å². The second-order valence-electron chi connectivity index (χ2n) is 10.3. The number of ether oxygens (including phenoxy) is 2. The second-order valence-corrected chi connectivity index (χ2v) is 12.2. The van der Waals surface area contributed by atoms with Crippen LogP contribution in [0, 0.1) is 5.82 Å². The number of anilines is 1. The van der Waals surface area contributed by atoms with Crippen LogP contribution in [-0.2, 0) is 24.1 Å². The van der Waals surface area contributed by atoms with Crippen molar-refractivity contribution >= 4 is 27.3 Å². The van der Waals surface area contributed by atoms with Gasteiger partial charge in [0.2, 0.25) is 0 Å². The number of carbonyl (C=O) groups is 1. The highest BCUT2D eigenvalue weighted by Crippen LogP contribution is 2.43. The predicted molar refractivity (Wildman–Crippen MR) is 150 cm³/mol. The van der Waals surface area contributed by atoms with E-state index in [4.69, 9.17) is 20.2 Å². The first-order valence-corrected chi connectivity index (χ1v) is 15.0. The number of sulfone groups is 1. The van der Waals surface area contributed by atoms with Crippen LogP contribution < -0.4 is 5.73 Å². The number of aromatic nitrogens is 4. The Hall–Kier alpha value is -4.14. The quantitative estimate of drug-likeness (QED) is 0.240. The molecule has 0 saturated heterocycles. The fraction of sp³-hybridized carbons (Fsp3) is 0.357. The Balaban J connectivity index is 1.52. The molecule has 3 aromatic heterocycles. The smallest absolute Gasteiger partial charge is 0.335 e. The van der Waals surface area contributed by atoms with Gasteiger partial charge in [0.05, 0.1) is 30.8 Å². The first kappa shape index (κ1) is 29.4. The lowest BCUT2D eigenvalue weighted by Gasteiger charge is -2.36. The van der Waals surface area contributed by atoms with Crippen LogP contribution in [0.25, 0.3) is 28.0 Å². The first-order valence-electron chi connectivity index (χ1n) is 13.1. The Morgan fingerprint density at radius 3 is 2.48 bits per heavy atom. The van der Waals surface area contributed by atoms with Gasteiger partial charge in [-0.2, -0.15) is 9.61 Å². The van der Waals surface area contributed by atoms with E-state index in [-0.39, 0.29) is 42.5 Å². The van der Waals surface area contributed by atoms with Crippen LogP contribution in [0.4, 0.5) is 10.2 Å². The van der Waals surface area contributed by atoms with Gasteiger partial charge >= 0.3 is 5.97 Å². The molecular formula is C28H30FN5O7S. The SMILES string of the molecule is COCCO[C@]1(C(=O)O)CC[C@H](c2nc3c(-c4ccc(-c5ccc(O)c(F)c5)nc4)cnn3c(N)c2S(C)(=O)=O)CC1. The van der Waals surface area contributed by atoms with Crippen molar-refractivity contribution in [3.05, 3.63) is 54.2 Å². The van der Waals surface area contributed by atoms with E-state index < -0.39 is 38.9 Å². The molecule has 0 amide bonds. The van der Waals surface area contributed by atoms with Gasteiger partial charge in [0.1, 0.15) is 10.7 Å². The normalized spacial score (nSPS) is 19.3. The molecule has 1 saturated carbocycles. The van der Waals surface area contributed by atoms with Crippen LogP contribution in [0.1, 0.15) is 37.3 Å². The van der Waals surface area contributed by atoms with E-state index in [9.17, 15) is 27.8 Å². The van der Waals surface area contributed by atoms with Crippen LogP contribution >= 0.6 is 0 Å². The third-order valence-electron chi connectivity index (χ3n) is 7.59. The van der Waals surface area contributed by atoms with E-state index in [1.807, 2.05) is 0 Å². The first-order chi connectivity index (χ1) is 19.9. The molecule has 0 aliphatic heterocycles. The molecule has 0 spiro atoms. The number of rotatable bonds is 9. The highest BCUT2D eigenvalue weighted by molar-refractivity contribution is 7.91. The third-order valence-corrected chi connectivity index (χ3v) is 8.75. The van der Waals surface area contributed by atoms with Gasteiger partial charge in [-0.05, 0) is 49.9 Å². The molecule has 0 unspecified atom stereocenters. The van der Waals surface area contributed by atoms with E-state index in [1.165, 1.54) is 30.0 Å². The summed E-state index contributed by atoms with van der Waals surface area (Å²) in [6.07, 6.45) is 5.04. The molecule has 5 rings (SSSR count). The number of carboxylic acid groups (broad SMARTS) is 1. The van der Waals surface area contributed by atoms with E-state index in [2.05, 4.69) is 10.1 Å². The largest absolute Gasteiger partial charge is 0.505 e. The molecule has 222 valence electrons. The number of carboxylic acids is 1. The number of nitrogen functional groups attached to an aromatic ring is 1. The van der Waals surface area contributed by atoms with Crippen molar-refractivity contribution in [1.29, 1.82) is 0 Å². The molecule has 1 aromatic carbocycles. The van der Waals surface area contributed by atoms with Crippen LogP contribution in [0.3, 0.4) is 0 Å². The Kier molecular flexibility index (Phi) is 7.88. The summed E-state index contributed by atoms with van der Waals surface area (Å²) < 4.78 is 51.7. The van der Waals surface area contributed by atoms with Gasteiger partial charge in [0, 0.05) is 42.2 Å².